The van der Waals surface area contributed by atoms with Gasteiger partial charge in [-0.1, -0.05) is 53.0 Å². The van der Waals surface area contributed by atoms with Crippen LogP contribution in [0.25, 0.3) is 0 Å². The van der Waals surface area contributed by atoms with Crippen molar-refractivity contribution in [1.29, 1.82) is 0 Å². The molecule has 5 amide bonds. The van der Waals surface area contributed by atoms with Crippen molar-refractivity contribution in [3.8, 4) is 0 Å². The van der Waals surface area contributed by atoms with E-state index in [1.54, 1.807) is 55.5 Å². The summed E-state index contributed by atoms with van der Waals surface area (Å²) in [6, 6.07) is 13.1. The number of hydrogen-bond donors (Lipinski definition) is 9. The van der Waals surface area contributed by atoms with Gasteiger partial charge in [0.1, 0.15) is 0 Å². The molecule has 0 unspecified atom stereocenters. The number of nitrogen functional groups attached to an aromatic ring is 1. The molecule has 12 N–H and O–H groups in total. The number of aliphatic hydroxyl groups excluding tert-OH is 2. The minimum Gasteiger partial charge on any atom is -0.481 e. The summed E-state index contributed by atoms with van der Waals surface area (Å²) in [5.41, 5.74) is 18.3. The van der Waals surface area contributed by atoms with Crippen molar-refractivity contribution >= 4 is 35.3 Å². The van der Waals surface area contributed by atoms with Gasteiger partial charge in [-0.25, -0.2) is 9.59 Å². The second-order valence-electron chi connectivity index (χ2n) is 9.25. The molecule has 0 bridgehead atoms. The molecule has 2 aromatic rings. The normalized spacial score (nSPS) is 10.8. The number of aliphatic carboxylic acids is 1. The number of carbonyl (C=O) groups excluding carboxylic acids is 3. The smallest absolute Gasteiger partial charge is 0.312 e. The van der Waals surface area contributed by atoms with Gasteiger partial charge in [-0.3, -0.25) is 9.59 Å². The molecule has 0 spiro atoms. The monoisotopic (exact) mass is 608 g/mol. The van der Waals surface area contributed by atoms with Crippen LogP contribution in [0.4, 0.5) is 21.0 Å². The van der Waals surface area contributed by atoms with Crippen LogP contribution in [0.1, 0.15) is 65.5 Å². The highest BCUT2D eigenvalue weighted by Gasteiger charge is 2.13. The number of urea groups is 2. The molecule has 43 heavy (non-hydrogen) atoms. The van der Waals surface area contributed by atoms with Crippen molar-refractivity contribution in [2.45, 2.75) is 67.6 Å². The first-order chi connectivity index (χ1) is 19.4. The van der Waals surface area contributed by atoms with E-state index in [9.17, 15) is 19.2 Å². The number of primary amides is 2. The first-order valence-corrected chi connectivity index (χ1v) is 13.1. The Labute approximate surface area is 255 Å². The maximum atomic E-state index is 11.9. The van der Waals surface area contributed by atoms with Crippen LogP contribution in [0.15, 0.2) is 48.5 Å². The van der Waals surface area contributed by atoms with E-state index >= 15 is 0 Å². The predicted molar refractivity (Wildman–Crippen MR) is 171 cm³/mol. The Morgan fingerprint density at radius 2 is 1.12 bits per heavy atom. The Morgan fingerprint density at radius 3 is 1.49 bits per heavy atom. The number of benzene rings is 2. The summed E-state index contributed by atoms with van der Waals surface area (Å²) >= 11 is 0. The Morgan fingerprint density at radius 1 is 0.721 bits per heavy atom. The van der Waals surface area contributed by atoms with Crippen LogP contribution in [0.2, 0.25) is 0 Å². The summed E-state index contributed by atoms with van der Waals surface area (Å²) in [4.78, 5) is 42.9. The van der Waals surface area contributed by atoms with E-state index in [0.717, 1.165) is 16.8 Å². The Kier molecular flexibility index (Phi) is 25.4. The van der Waals surface area contributed by atoms with Crippen LogP contribution in [-0.2, 0) is 22.8 Å². The van der Waals surface area contributed by atoms with Crippen LogP contribution < -0.4 is 33.2 Å². The molecule has 0 heterocycles. The van der Waals surface area contributed by atoms with Crippen LogP contribution in [0, 0.1) is 11.8 Å². The molecular weight excluding hydrogens is 556 g/mol. The number of hydrogen-bond acceptors (Lipinski definition) is 7. The van der Waals surface area contributed by atoms with Crippen molar-refractivity contribution < 1.29 is 34.5 Å². The van der Waals surface area contributed by atoms with Crippen molar-refractivity contribution in [2.75, 3.05) is 24.1 Å². The average Bonchev–Trinajstić information content (AvgIpc) is 2.94. The summed E-state index contributed by atoms with van der Waals surface area (Å²) in [6.07, 6.45) is 2.55. The number of anilines is 2. The van der Waals surface area contributed by atoms with Crippen LogP contribution in [-0.4, -0.2) is 52.3 Å². The van der Waals surface area contributed by atoms with Gasteiger partial charge in [-0.2, -0.15) is 0 Å². The van der Waals surface area contributed by atoms with E-state index in [0.29, 0.717) is 44.5 Å². The molecule has 2 aromatic carbocycles. The summed E-state index contributed by atoms with van der Waals surface area (Å²) < 4.78 is 0. The molecule has 13 nitrogen and oxygen atoms in total. The molecule has 0 saturated carbocycles. The fourth-order valence-electron chi connectivity index (χ4n) is 3.08. The molecular formula is C30H52N6O7. The molecule has 0 fully saturated rings. The second-order valence-corrected chi connectivity index (χ2v) is 9.25. The van der Waals surface area contributed by atoms with Gasteiger partial charge >= 0.3 is 18.0 Å². The summed E-state index contributed by atoms with van der Waals surface area (Å²) in [5.74, 6) is -1.39. The summed E-state index contributed by atoms with van der Waals surface area (Å²) in [7, 11) is 0. The van der Waals surface area contributed by atoms with Crippen LogP contribution in [0.5, 0.6) is 0 Å². The number of nitrogens with one attached hydrogen (secondary N) is 3. The molecule has 0 aliphatic rings. The van der Waals surface area contributed by atoms with Crippen LogP contribution >= 0.6 is 0 Å². The molecule has 0 saturated heterocycles. The van der Waals surface area contributed by atoms with Gasteiger partial charge in [-0.05, 0) is 61.1 Å². The lowest BCUT2D eigenvalue weighted by atomic mass is 10.0. The molecule has 2 atom stereocenters. The van der Waals surface area contributed by atoms with E-state index in [-0.39, 0.29) is 45.8 Å². The fourth-order valence-corrected chi connectivity index (χ4v) is 3.08. The zero-order chi connectivity index (χ0) is 31.2. The van der Waals surface area contributed by atoms with E-state index in [2.05, 4.69) is 16.0 Å². The number of amides is 5. The average molecular weight is 609 g/mol. The molecule has 2 rings (SSSR count). The third-order valence-electron chi connectivity index (χ3n) is 5.66. The van der Waals surface area contributed by atoms with Crippen molar-refractivity contribution in [2.24, 2.45) is 23.3 Å². The van der Waals surface area contributed by atoms with Crippen molar-refractivity contribution in [3.05, 3.63) is 59.7 Å². The summed E-state index contributed by atoms with van der Waals surface area (Å²) in [5, 5.41) is 33.7. The Balaban J connectivity index is -0.000000596. The number of carboxylic acid groups (broad SMARTS) is 1. The van der Waals surface area contributed by atoms with E-state index in [1.165, 1.54) is 0 Å². The van der Waals surface area contributed by atoms with Gasteiger partial charge < -0.3 is 48.5 Å². The van der Waals surface area contributed by atoms with Gasteiger partial charge in [-0.15, -0.1) is 0 Å². The largest absolute Gasteiger partial charge is 0.481 e. The topological polar surface area (TPSA) is 243 Å². The fraction of sp³-hybridized carbons (Fsp3) is 0.467. The Bertz CT molecular complexity index is 1050. The zero-order valence-corrected chi connectivity index (χ0v) is 23.6. The molecule has 0 aromatic heterocycles. The maximum Gasteiger partial charge on any atom is 0.312 e. The minimum atomic E-state index is -0.811. The van der Waals surface area contributed by atoms with E-state index in [4.69, 9.17) is 32.5 Å². The quantitative estimate of drug-likeness (QED) is 0.120. The molecule has 0 aliphatic heterocycles. The SMILES string of the molecule is C.C.C[C@@H](CCCNC(N)=O)C(=O)Nc1ccc(CO)cc1.C[C@@H](CCCNC(N)=O)C(=O)O.Nc1ccc(CO)cc1. The molecule has 0 aliphatic carbocycles. The summed E-state index contributed by atoms with van der Waals surface area (Å²) in [6.45, 7) is 4.44. The predicted octanol–water partition coefficient (Wildman–Crippen LogP) is 3.39. The van der Waals surface area contributed by atoms with E-state index < -0.39 is 18.0 Å². The van der Waals surface area contributed by atoms with Gasteiger partial charge in [0.05, 0.1) is 19.1 Å². The number of nitrogens with two attached hydrogens (primary N) is 3. The third-order valence-corrected chi connectivity index (χ3v) is 5.66. The third kappa shape index (κ3) is 23.0. The van der Waals surface area contributed by atoms with Crippen molar-refractivity contribution in [3.63, 3.8) is 0 Å². The van der Waals surface area contributed by atoms with Gasteiger partial charge in [0.25, 0.3) is 0 Å². The molecule has 0 radical (unpaired) electrons. The standard InChI is InChI=1S/C14H21N3O3.C7H14N2O3.C7H9NO.2CH4/c1-10(3-2-8-16-14(15)20)13(19)17-12-6-4-11(9-18)5-7-12;1-5(6(10)11)3-2-4-9-7(8)12;8-7-3-1-6(5-9)2-4-7;;/h4-7,10,18H,2-3,8-9H2,1H3,(H,17,19)(H3,15,16,20);5H,2-4H2,1H3,(H,10,11)(H3,8,9,12);1-4,9H,5,8H2;2*1H4/t10-;5-;;;/m00.../s1. The highest BCUT2D eigenvalue weighted by molar-refractivity contribution is 5.92. The number of aliphatic hydroxyl groups is 2. The molecule has 244 valence electrons. The first-order valence-electron chi connectivity index (χ1n) is 13.1. The maximum absolute atomic E-state index is 11.9. The lowest BCUT2D eigenvalue weighted by Crippen LogP contribution is -2.30. The van der Waals surface area contributed by atoms with Gasteiger partial charge in [0.15, 0.2) is 0 Å². The second kappa shape index (κ2) is 25.4. The lowest BCUT2D eigenvalue weighted by molar-refractivity contribution is -0.141. The number of rotatable bonds is 13. The highest BCUT2D eigenvalue weighted by Crippen LogP contribution is 2.13. The van der Waals surface area contributed by atoms with Crippen molar-refractivity contribution in [1.82, 2.24) is 10.6 Å². The number of carbonyl (C=O) groups is 4. The zero-order valence-electron chi connectivity index (χ0n) is 23.6. The number of carboxylic acids is 1. The van der Waals surface area contributed by atoms with Gasteiger partial charge in [0.2, 0.25) is 5.91 Å². The van der Waals surface area contributed by atoms with Gasteiger partial charge in [0, 0.05) is 30.4 Å². The van der Waals surface area contributed by atoms with Crippen LogP contribution in [0.3, 0.4) is 0 Å². The van der Waals surface area contributed by atoms with E-state index in [1.807, 2.05) is 6.92 Å². The Hall–Kier alpha value is -4.36. The lowest BCUT2D eigenvalue weighted by Gasteiger charge is -2.12. The first kappa shape index (κ1) is 43.1. The highest BCUT2D eigenvalue weighted by atomic mass is 16.4. The minimum absolute atomic E-state index is 0. The molecule has 13 heteroatoms.